The second kappa shape index (κ2) is 5.23. The molecule has 10 heteroatoms. The molecule has 2 aromatic rings. The number of halogens is 1. The van der Waals surface area contributed by atoms with Gasteiger partial charge in [0.15, 0.2) is 0 Å². The molecule has 0 spiro atoms. The van der Waals surface area contributed by atoms with Crippen molar-refractivity contribution in [2.24, 2.45) is 7.05 Å². The van der Waals surface area contributed by atoms with Gasteiger partial charge in [0, 0.05) is 7.05 Å². The predicted octanol–water partition coefficient (Wildman–Crippen LogP) is 0.598. The van der Waals surface area contributed by atoms with E-state index in [1.165, 1.54) is 16.4 Å². The van der Waals surface area contributed by atoms with Gasteiger partial charge in [-0.3, -0.25) is 0 Å². The molecule has 0 saturated carbocycles. The first-order chi connectivity index (χ1) is 8.19. The van der Waals surface area contributed by atoms with Crippen LogP contribution in [0.15, 0.2) is 10.3 Å². The number of ether oxygens (including phenoxy) is 1. The van der Waals surface area contributed by atoms with Crippen molar-refractivity contribution in [3.05, 3.63) is 5.28 Å². The van der Waals surface area contributed by atoms with E-state index in [0.29, 0.717) is 16.9 Å². The van der Waals surface area contributed by atoms with E-state index >= 15 is 0 Å². The Morgan fingerprint density at radius 2 is 2.18 bits per heavy atom. The molecule has 0 bridgehead atoms. The fourth-order valence-corrected chi connectivity index (χ4v) is 1.81. The minimum Gasteiger partial charge on any atom is -0.464 e. The molecule has 2 heterocycles. The van der Waals surface area contributed by atoms with E-state index in [1.807, 2.05) is 6.92 Å². The minimum atomic E-state index is 0.0704. The van der Waals surface area contributed by atoms with Gasteiger partial charge in [0.2, 0.25) is 15.6 Å². The zero-order valence-electron chi connectivity index (χ0n) is 9.03. The summed E-state index contributed by atoms with van der Waals surface area (Å²) in [7, 11) is 1.72. The number of tetrazole rings is 1. The Bertz CT molecular complexity index is 519. The number of nitrogens with zero attached hydrogens (tertiary/aromatic N) is 7. The molecule has 0 aromatic carbocycles. The number of hydrogen-bond donors (Lipinski definition) is 0. The third kappa shape index (κ3) is 3.01. The SMILES string of the molecule is CCOc1nc(Cl)nc(Sc2nnnn2C)n1. The van der Waals surface area contributed by atoms with Gasteiger partial charge in [0.05, 0.1) is 6.61 Å². The number of aryl methyl sites for hydroxylation is 1. The summed E-state index contributed by atoms with van der Waals surface area (Å²) in [6.07, 6.45) is 0. The van der Waals surface area contributed by atoms with Gasteiger partial charge in [0.25, 0.3) is 0 Å². The molecular weight excluding hydrogens is 266 g/mol. The van der Waals surface area contributed by atoms with Crippen molar-refractivity contribution >= 4 is 23.4 Å². The number of aromatic nitrogens is 7. The van der Waals surface area contributed by atoms with Crippen molar-refractivity contribution < 1.29 is 4.74 Å². The van der Waals surface area contributed by atoms with Crippen molar-refractivity contribution in [2.75, 3.05) is 6.61 Å². The second-order valence-corrected chi connectivity index (χ2v) is 4.06. The minimum absolute atomic E-state index is 0.0704. The van der Waals surface area contributed by atoms with E-state index in [-0.39, 0.29) is 11.3 Å². The summed E-state index contributed by atoms with van der Waals surface area (Å²) in [5, 5.41) is 12.0. The highest BCUT2D eigenvalue weighted by molar-refractivity contribution is 7.99. The summed E-state index contributed by atoms with van der Waals surface area (Å²) in [5.41, 5.74) is 0. The lowest BCUT2D eigenvalue weighted by Crippen LogP contribution is -2.01. The highest BCUT2D eigenvalue weighted by Crippen LogP contribution is 2.23. The van der Waals surface area contributed by atoms with Crippen LogP contribution >= 0.6 is 23.4 Å². The quantitative estimate of drug-likeness (QED) is 0.800. The van der Waals surface area contributed by atoms with Crippen LogP contribution in [0.2, 0.25) is 5.28 Å². The largest absolute Gasteiger partial charge is 0.464 e. The zero-order valence-corrected chi connectivity index (χ0v) is 10.6. The van der Waals surface area contributed by atoms with Gasteiger partial charge < -0.3 is 4.74 Å². The molecule has 0 saturated heterocycles. The lowest BCUT2D eigenvalue weighted by atomic mass is 10.9. The molecule has 17 heavy (non-hydrogen) atoms. The predicted molar refractivity (Wildman–Crippen MR) is 58.9 cm³/mol. The van der Waals surface area contributed by atoms with Gasteiger partial charge in [-0.2, -0.15) is 15.0 Å². The average Bonchev–Trinajstić information content (AvgIpc) is 2.64. The molecule has 0 atom stereocenters. The summed E-state index contributed by atoms with van der Waals surface area (Å²) in [5.74, 6) is 0. The fraction of sp³-hybridized carbons (Fsp3) is 0.429. The highest BCUT2D eigenvalue weighted by atomic mass is 35.5. The van der Waals surface area contributed by atoms with Crippen LogP contribution in [0.5, 0.6) is 6.01 Å². The van der Waals surface area contributed by atoms with E-state index < -0.39 is 0 Å². The maximum absolute atomic E-state index is 5.75. The lowest BCUT2D eigenvalue weighted by molar-refractivity contribution is 0.307. The molecule has 0 aliphatic rings. The van der Waals surface area contributed by atoms with Crippen LogP contribution in [-0.4, -0.2) is 41.8 Å². The van der Waals surface area contributed by atoms with Crippen LogP contribution < -0.4 is 4.74 Å². The maximum Gasteiger partial charge on any atom is 0.321 e. The first-order valence-electron chi connectivity index (χ1n) is 4.63. The van der Waals surface area contributed by atoms with Gasteiger partial charge in [-0.25, -0.2) is 4.68 Å². The van der Waals surface area contributed by atoms with Crippen molar-refractivity contribution in [2.45, 2.75) is 17.2 Å². The summed E-state index contributed by atoms with van der Waals surface area (Å²) in [6.45, 7) is 2.28. The van der Waals surface area contributed by atoms with Crippen LogP contribution in [0, 0.1) is 0 Å². The first-order valence-corrected chi connectivity index (χ1v) is 5.83. The molecule has 2 aromatic heterocycles. The van der Waals surface area contributed by atoms with Crippen molar-refractivity contribution in [3.8, 4) is 6.01 Å². The third-order valence-electron chi connectivity index (χ3n) is 1.60. The molecule has 0 aliphatic heterocycles. The highest BCUT2D eigenvalue weighted by Gasteiger charge is 2.11. The van der Waals surface area contributed by atoms with E-state index in [0.717, 1.165) is 0 Å². The molecule has 0 N–H and O–H groups in total. The summed E-state index contributed by atoms with van der Waals surface area (Å²) in [4.78, 5) is 11.8. The first kappa shape index (κ1) is 12.0. The van der Waals surface area contributed by atoms with E-state index in [1.54, 1.807) is 7.05 Å². The standard InChI is InChI=1S/C7H8ClN7OS/c1-3-16-5-9-4(8)10-6(11-5)17-7-12-13-14-15(7)2/h3H2,1-2H3. The van der Waals surface area contributed by atoms with Crippen LogP contribution in [-0.2, 0) is 7.05 Å². The lowest BCUT2D eigenvalue weighted by Gasteiger charge is -2.02. The van der Waals surface area contributed by atoms with Gasteiger partial charge in [-0.1, -0.05) is 0 Å². The average molecular weight is 274 g/mol. The Labute approximate surface area is 106 Å². The molecule has 0 radical (unpaired) electrons. The molecule has 0 aliphatic carbocycles. The Kier molecular flexibility index (Phi) is 3.69. The van der Waals surface area contributed by atoms with Gasteiger partial charge >= 0.3 is 6.01 Å². The van der Waals surface area contributed by atoms with Crippen LogP contribution in [0.25, 0.3) is 0 Å². The molecule has 2 rings (SSSR count). The number of hydrogen-bond acceptors (Lipinski definition) is 8. The normalized spacial score (nSPS) is 10.5. The fourth-order valence-electron chi connectivity index (χ4n) is 0.943. The Morgan fingerprint density at radius 3 is 2.82 bits per heavy atom. The molecular formula is C7H8ClN7OS. The topological polar surface area (TPSA) is 91.5 Å². The molecule has 0 unspecified atom stereocenters. The summed E-state index contributed by atoms with van der Waals surface area (Å²) < 4.78 is 6.66. The second-order valence-electron chi connectivity index (χ2n) is 2.79. The third-order valence-corrected chi connectivity index (χ3v) is 2.67. The molecule has 0 fully saturated rings. The molecule has 8 nitrogen and oxygen atoms in total. The van der Waals surface area contributed by atoms with Gasteiger partial charge in [-0.05, 0) is 40.7 Å². The van der Waals surface area contributed by atoms with E-state index in [4.69, 9.17) is 16.3 Å². The summed E-state index contributed by atoms with van der Waals surface area (Å²) in [6, 6.07) is 0.185. The van der Waals surface area contributed by atoms with Gasteiger partial charge in [-0.15, -0.1) is 5.10 Å². The Morgan fingerprint density at radius 1 is 1.35 bits per heavy atom. The van der Waals surface area contributed by atoms with Crippen molar-refractivity contribution in [3.63, 3.8) is 0 Å². The van der Waals surface area contributed by atoms with Crippen LogP contribution in [0.1, 0.15) is 6.92 Å². The summed E-state index contributed by atoms with van der Waals surface area (Å²) >= 11 is 6.93. The molecule has 0 amide bonds. The molecule has 90 valence electrons. The van der Waals surface area contributed by atoms with E-state index in [9.17, 15) is 0 Å². The Balaban J connectivity index is 2.23. The monoisotopic (exact) mass is 273 g/mol. The maximum atomic E-state index is 5.75. The van der Waals surface area contributed by atoms with Crippen molar-refractivity contribution in [1.29, 1.82) is 0 Å². The zero-order chi connectivity index (χ0) is 12.3. The Hall–Kier alpha value is -1.48. The van der Waals surface area contributed by atoms with Crippen molar-refractivity contribution in [1.82, 2.24) is 35.2 Å². The van der Waals surface area contributed by atoms with Crippen LogP contribution in [0.4, 0.5) is 0 Å². The van der Waals surface area contributed by atoms with Crippen LogP contribution in [0.3, 0.4) is 0 Å². The van der Waals surface area contributed by atoms with E-state index in [2.05, 4.69) is 30.5 Å². The van der Waals surface area contributed by atoms with Gasteiger partial charge in [0.1, 0.15) is 0 Å². The number of rotatable bonds is 4. The smallest absolute Gasteiger partial charge is 0.321 e.